The second-order valence-corrected chi connectivity index (χ2v) is 5.31. The van der Waals surface area contributed by atoms with Gasteiger partial charge in [0.05, 0.1) is 42.1 Å². The highest BCUT2D eigenvalue weighted by Crippen LogP contribution is 2.36. The fourth-order valence-electron chi connectivity index (χ4n) is 2.47. The Balaban J connectivity index is 2.40. The largest absolute Gasteiger partial charge is 0.465 e. The van der Waals surface area contributed by atoms with Gasteiger partial charge in [-0.15, -0.1) is 0 Å². The van der Waals surface area contributed by atoms with Gasteiger partial charge in [0.15, 0.2) is 5.56 Å². The van der Waals surface area contributed by atoms with Crippen molar-refractivity contribution in [2.24, 2.45) is 0 Å². The van der Waals surface area contributed by atoms with E-state index in [9.17, 15) is 14.9 Å². The van der Waals surface area contributed by atoms with Crippen molar-refractivity contribution < 1.29 is 23.9 Å². The normalized spacial score (nSPS) is 17.9. The van der Waals surface area contributed by atoms with Crippen LogP contribution in [-0.4, -0.2) is 57.5 Å². The summed E-state index contributed by atoms with van der Waals surface area (Å²) in [5.41, 5.74) is -0.0965. The van der Waals surface area contributed by atoms with E-state index in [1.165, 1.54) is 12.1 Å². The molecule has 1 atom stereocenters. The summed E-state index contributed by atoms with van der Waals surface area (Å²) in [5, 5.41) is 11.1. The first-order valence-electron chi connectivity index (χ1n) is 6.90. The minimum atomic E-state index is -0.842. The van der Waals surface area contributed by atoms with Crippen LogP contribution in [0.3, 0.4) is 0 Å². The number of carbonyl (C=O) groups is 1. The molecule has 1 fully saturated rings. The van der Waals surface area contributed by atoms with Gasteiger partial charge in [-0.05, 0) is 6.07 Å². The lowest BCUT2D eigenvalue weighted by Gasteiger charge is -2.34. The van der Waals surface area contributed by atoms with E-state index in [0.29, 0.717) is 32.0 Å². The van der Waals surface area contributed by atoms with E-state index in [-0.39, 0.29) is 22.4 Å². The molecule has 0 bridgehead atoms. The van der Waals surface area contributed by atoms with Crippen LogP contribution in [0, 0.1) is 10.1 Å². The minimum Gasteiger partial charge on any atom is -0.465 e. The van der Waals surface area contributed by atoms with E-state index in [4.69, 9.17) is 21.1 Å². The highest BCUT2D eigenvalue weighted by atomic mass is 35.5. The maximum atomic E-state index is 11.9. The van der Waals surface area contributed by atoms with Crippen molar-refractivity contribution in [3.63, 3.8) is 0 Å². The Hall–Kier alpha value is -1.90. The number of esters is 1. The number of carbonyl (C=O) groups excluding carboxylic acids is 1. The van der Waals surface area contributed by atoms with Gasteiger partial charge in [-0.2, -0.15) is 0 Å². The zero-order valence-corrected chi connectivity index (χ0v) is 13.5. The molecule has 1 aliphatic rings. The third-order valence-corrected chi connectivity index (χ3v) is 3.90. The Morgan fingerprint density at radius 1 is 1.52 bits per heavy atom. The zero-order chi connectivity index (χ0) is 17.0. The molecule has 9 heteroatoms. The van der Waals surface area contributed by atoms with Gasteiger partial charge < -0.3 is 19.1 Å². The molecule has 0 spiro atoms. The number of rotatable bonds is 5. The van der Waals surface area contributed by atoms with E-state index in [0.717, 1.165) is 7.11 Å². The van der Waals surface area contributed by atoms with Crippen molar-refractivity contribution in [3.8, 4) is 0 Å². The highest BCUT2D eigenvalue weighted by Gasteiger charge is 2.30. The highest BCUT2D eigenvalue weighted by molar-refractivity contribution is 6.36. The van der Waals surface area contributed by atoms with Crippen LogP contribution in [0.2, 0.25) is 5.02 Å². The van der Waals surface area contributed by atoms with Gasteiger partial charge in [0.1, 0.15) is 0 Å². The number of nitro benzene ring substituents is 1. The van der Waals surface area contributed by atoms with Crippen molar-refractivity contribution in [1.82, 2.24) is 0 Å². The first-order chi connectivity index (χ1) is 11.0. The molecule has 1 aliphatic heterocycles. The fourth-order valence-corrected chi connectivity index (χ4v) is 2.83. The van der Waals surface area contributed by atoms with Crippen molar-refractivity contribution in [2.75, 3.05) is 45.4 Å². The van der Waals surface area contributed by atoms with Crippen LogP contribution in [0.25, 0.3) is 0 Å². The molecule has 1 aromatic carbocycles. The number of halogens is 1. The Bertz CT molecular complexity index is 607. The third kappa shape index (κ3) is 3.72. The van der Waals surface area contributed by atoms with Crippen LogP contribution >= 0.6 is 11.6 Å². The topological polar surface area (TPSA) is 91.1 Å². The van der Waals surface area contributed by atoms with Gasteiger partial charge in [-0.3, -0.25) is 10.1 Å². The standard InChI is InChI=1S/C14H17ClN2O6/c1-21-8-9-7-16(5-6-23-9)11-4-3-10(17(19)20)12(13(11)15)14(18)22-2/h3-4,9H,5-8H2,1-2H3/t9-/m0/s1. The number of ether oxygens (including phenoxy) is 3. The average molecular weight is 345 g/mol. The van der Waals surface area contributed by atoms with Crippen LogP contribution in [0.15, 0.2) is 12.1 Å². The summed E-state index contributed by atoms with van der Waals surface area (Å²) in [6.45, 7) is 1.95. The lowest BCUT2D eigenvalue weighted by atomic mass is 10.1. The number of hydrogen-bond donors (Lipinski definition) is 0. The molecule has 126 valence electrons. The van der Waals surface area contributed by atoms with E-state index < -0.39 is 10.9 Å². The minimum absolute atomic E-state index is 0.00381. The molecule has 0 aromatic heterocycles. The molecule has 0 N–H and O–H groups in total. The SMILES string of the molecule is COC[C@@H]1CN(c2ccc([N+](=O)[O-])c(C(=O)OC)c2Cl)CCO1. The Morgan fingerprint density at radius 2 is 2.26 bits per heavy atom. The predicted octanol–water partition coefficient (Wildman–Crippen LogP) is 1.89. The number of morpholine rings is 1. The molecule has 2 rings (SSSR count). The van der Waals surface area contributed by atoms with E-state index >= 15 is 0 Å². The van der Waals surface area contributed by atoms with Crippen LogP contribution in [0.1, 0.15) is 10.4 Å². The number of benzene rings is 1. The Labute approximate surface area is 138 Å². The molecule has 0 radical (unpaired) electrons. The summed E-state index contributed by atoms with van der Waals surface area (Å²) in [7, 11) is 2.73. The zero-order valence-electron chi connectivity index (χ0n) is 12.8. The van der Waals surface area contributed by atoms with Crippen molar-refractivity contribution in [2.45, 2.75) is 6.10 Å². The molecule has 23 heavy (non-hydrogen) atoms. The van der Waals surface area contributed by atoms with E-state index in [1.54, 1.807) is 7.11 Å². The van der Waals surface area contributed by atoms with Crippen LogP contribution in [0.5, 0.6) is 0 Å². The number of nitro groups is 1. The third-order valence-electron chi connectivity index (χ3n) is 3.52. The van der Waals surface area contributed by atoms with Gasteiger partial charge in [0.25, 0.3) is 5.69 Å². The molecule has 0 amide bonds. The van der Waals surface area contributed by atoms with Gasteiger partial charge >= 0.3 is 5.97 Å². The van der Waals surface area contributed by atoms with E-state index in [1.807, 2.05) is 4.90 Å². The van der Waals surface area contributed by atoms with E-state index in [2.05, 4.69) is 4.74 Å². The molecule has 1 heterocycles. The molecule has 1 aromatic rings. The molecule has 0 unspecified atom stereocenters. The second-order valence-electron chi connectivity index (χ2n) is 4.94. The van der Waals surface area contributed by atoms with Crippen molar-refractivity contribution in [3.05, 3.63) is 32.8 Å². The smallest absolute Gasteiger partial charge is 0.346 e. The van der Waals surface area contributed by atoms with Gasteiger partial charge in [-0.1, -0.05) is 11.6 Å². The molecular formula is C14H17ClN2O6. The average Bonchev–Trinajstić information content (AvgIpc) is 2.54. The number of nitrogens with zero attached hydrogens (tertiary/aromatic N) is 2. The molecule has 0 aliphatic carbocycles. The summed E-state index contributed by atoms with van der Waals surface area (Å²) in [4.78, 5) is 24.2. The maximum Gasteiger partial charge on any atom is 0.346 e. The van der Waals surface area contributed by atoms with Gasteiger partial charge in [0, 0.05) is 26.3 Å². The maximum absolute atomic E-state index is 11.9. The van der Waals surface area contributed by atoms with Crippen LogP contribution in [-0.2, 0) is 14.2 Å². The molecule has 0 saturated carbocycles. The first-order valence-corrected chi connectivity index (χ1v) is 7.28. The van der Waals surface area contributed by atoms with Crippen molar-refractivity contribution in [1.29, 1.82) is 0 Å². The van der Waals surface area contributed by atoms with Crippen LogP contribution < -0.4 is 4.90 Å². The molecular weight excluding hydrogens is 328 g/mol. The molecule has 1 saturated heterocycles. The number of methoxy groups -OCH3 is 2. The van der Waals surface area contributed by atoms with Crippen LogP contribution in [0.4, 0.5) is 11.4 Å². The summed E-state index contributed by atoms with van der Waals surface area (Å²) in [5.74, 6) is -0.842. The van der Waals surface area contributed by atoms with Crippen molar-refractivity contribution >= 4 is 28.9 Å². The summed E-state index contributed by atoms with van der Waals surface area (Å²) < 4.78 is 15.3. The lowest BCUT2D eigenvalue weighted by Crippen LogP contribution is -2.44. The molecule has 8 nitrogen and oxygen atoms in total. The Kier molecular flexibility index (Phi) is 5.75. The van der Waals surface area contributed by atoms with Gasteiger partial charge in [-0.25, -0.2) is 4.79 Å². The first kappa shape index (κ1) is 17.5. The Morgan fingerprint density at radius 3 is 2.87 bits per heavy atom. The number of hydrogen-bond acceptors (Lipinski definition) is 7. The predicted molar refractivity (Wildman–Crippen MR) is 83.3 cm³/mol. The second kappa shape index (κ2) is 7.58. The fraction of sp³-hybridized carbons (Fsp3) is 0.500. The monoisotopic (exact) mass is 344 g/mol. The number of anilines is 1. The van der Waals surface area contributed by atoms with Gasteiger partial charge in [0.2, 0.25) is 0 Å². The lowest BCUT2D eigenvalue weighted by molar-refractivity contribution is -0.385. The summed E-state index contributed by atoms with van der Waals surface area (Å²) in [6.07, 6.45) is -0.137. The summed E-state index contributed by atoms with van der Waals surface area (Å²) >= 11 is 6.27. The summed E-state index contributed by atoms with van der Waals surface area (Å²) in [6, 6.07) is 2.79. The quantitative estimate of drug-likeness (QED) is 0.457.